The quantitative estimate of drug-likeness (QED) is 0.589. The Bertz CT molecular complexity index is 965. The molecule has 4 rings (SSSR count). The van der Waals surface area contributed by atoms with E-state index < -0.39 is 0 Å². The lowest BCUT2D eigenvalue weighted by Crippen LogP contribution is -2.49. The Morgan fingerprint density at radius 3 is 2.43 bits per heavy atom. The van der Waals surface area contributed by atoms with Gasteiger partial charge in [-0.05, 0) is 47.7 Å². The number of nitrogens with zero attached hydrogens (tertiary/aromatic N) is 2. The normalized spacial score (nSPS) is 21.5. The molecule has 1 amide bonds. The Morgan fingerprint density at radius 2 is 1.71 bits per heavy atom. The van der Waals surface area contributed by atoms with E-state index in [2.05, 4.69) is 21.2 Å². The summed E-state index contributed by atoms with van der Waals surface area (Å²) in [6.45, 7) is 7.15. The van der Waals surface area contributed by atoms with Crippen LogP contribution in [0.2, 0.25) is 0 Å². The van der Waals surface area contributed by atoms with E-state index in [-0.39, 0.29) is 17.6 Å². The maximum Gasteiger partial charge on any atom is 0.224 e. The van der Waals surface area contributed by atoms with Crippen LogP contribution in [-0.4, -0.2) is 75.9 Å². The zero-order valence-corrected chi connectivity index (χ0v) is 20.7. The van der Waals surface area contributed by atoms with Crippen LogP contribution in [0.3, 0.4) is 0 Å². The summed E-state index contributed by atoms with van der Waals surface area (Å²) in [6.07, 6.45) is 0.856. The molecule has 2 heterocycles. The van der Waals surface area contributed by atoms with E-state index in [4.69, 9.17) is 14.2 Å². The molecule has 0 unspecified atom stereocenters. The largest absolute Gasteiger partial charge is 0.493 e. The number of methoxy groups -OCH3 is 2. The second-order valence-corrected chi connectivity index (χ2v) is 9.44. The van der Waals surface area contributed by atoms with Crippen molar-refractivity contribution in [2.45, 2.75) is 19.5 Å². The van der Waals surface area contributed by atoms with Gasteiger partial charge in [-0.15, -0.1) is 0 Å². The predicted octanol–water partition coefficient (Wildman–Crippen LogP) is 2.93. The number of hydrogen-bond acceptors (Lipinski definition) is 6. The van der Waals surface area contributed by atoms with Gasteiger partial charge in [0.05, 0.1) is 33.4 Å². The van der Waals surface area contributed by atoms with Crippen molar-refractivity contribution in [2.75, 3.05) is 60.2 Å². The van der Waals surface area contributed by atoms with Crippen molar-refractivity contribution in [2.24, 2.45) is 11.8 Å². The zero-order valence-electron chi connectivity index (χ0n) is 20.7. The van der Waals surface area contributed by atoms with Crippen LogP contribution in [0.25, 0.3) is 0 Å². The Kier molecular flexibility index (Phi) is 8.95. The molecule has 0 aliphatic carbocycles. The molecule has 2 aromatic carbocycles. The fourth-order valence-electron chi connectivity index (χ4n) is 5.08. The van der Waals surface area contributed by atoms with E-state index in [1.165, 1.54) is 12.1 Å². The molecule has 8 heteroatoms. The molecule has 0 spiro atoms. The highest BCUT2D eigenvalue weighted by molar-refractivity contribution is 5.79. The van der Waals surface area contributed by atoms with Gasteiger partial charge in [-0.1, -0.05) is 18.2 Å². The van der Waals surface area contributed by atoms with E-state index in [1.54, 1.807) is 26.4 Å². The summed E-state index contributed by atoms with van der Waals surface area (Å²) in [5.41, 5.74) is 2.02. The SMILES string of the molecule is COc1ccc(CN2C[C@@H](CN3CCOCC3)C[C@@H](C(=O)NCc3ccc(F)cc3)C2)cc1OC. The number of piperidine rings is 1. The van der Waals surface area contributed by atoms with Crippen molar-refractivity contribution < 1.29 is 23.4 Å². The van der Waals surface area contributed by atoms with Crippen LogP contribution in [0.1, 0.15) is 17.5 Å². The first-order valence-corrected chi connectivity index (χ1v) is 12.3. The molecule has 190 valence electrons. The maximum absolute atomic E-state index is 13.2. The van der Waals surface area contributed by atoms with Crippen LogP contribution in [0.5, 0.6) is 11.5 Å². The number of nitrogens with one attached hydrogen (secondary N) is 1. The molecule has 2 fully saturated rings. The first-order chi connectivity index (χ1) is 17.0. The summed E-state index contributed by atoms with van der Waals surface area (Å²) in [6, 6.07) is 12.2. The van der Waals surface area contributed by atoms with Crippen LogP contribution < -0.4 is 14.8 Å². The van der Waals surface area contributed by atoms with Gasteiger partial charge in [-0.3, -0.25) is 14.6 Å². The summed E-state index contributed by atoms with van der Waals surface area (Å²) >= 11 is 0. The van der Waals surface area contributed by atoms with E-state index in [0.29, 0.717) is 30.5 Å². The van der Waals surface area contributed by atoms with E-state index in [1.807, 2.05) is 12.1 Å². The first kappa shape index (κ1) is 25.4. The second-order valence-electron chi connectivity index (χ2n) is 9.44. The molecule has 0 bridgehead atoms. The van der Waals surface area contributed by atoms with Crippen molar-refractivity contribution in [3.8, 4) is 11.5 Å². The summed E-state index contributed by atoms with van der Waals surface area (Å²) in [5.74, 6) is 1.49. The summed E-state index contributed by atoms with van der Waals surface area (Å²) < 4.78 is 29.6. The number of likely N-dealkylation sites (tertiary alicyclic amines) is 1. The number of ether oxygens (including phenoxy) is 3. The first-order valence-electron chi connectivity index (χ1n) is 12.3. The number of amides is 1. The number of benzene rings is 2. The fourth-order valence-corrected chi connectivity index (χ4v) is 5.08. The van der Waals surface area contributed by atoms with Crippen molar-refractivity contribution in [3.05, 3.63) is 59.4 Å². The second kappa shape index (κ2) is 12.3. The van der Waals surface area contributed by atoms with Crippen LogP contribution >= 0.6 is 0 Å². The van der Waals surface area contributed by atoms with Crippen molar-refractivity contribution in [3.63, 3.8) is 0 Å². The fraction of sp³-hybridized carbons (Fsp3) is 0.519. The molecule has 2 atom stereocenters. The van der Waals surface area contributed by atoms with E-state index in [9.17, 15) is 9.18 Å². The molecule has 0 aromatic heterocycles. The number of morpholine rings is 1. The molecule has 35 heavy (non-hydrogen) atoms. The number of carbonyl (C=O) groups excluding carboxylic acids is 1. The Balaban J connectivity index is 1.43. The number of rotatable bonds is 9. The van der Waals surface area contributed by atoms with Crippen LogP contribution in [0, 0.1) is 17.7 Å². The lowest BCUT2D eigenvalue weighted by Gasteiger charge is -2.40. The Morgan fingerprint density at radius 1 is 1.00 bits per heavy atom. The third kappa shape index (κ3) is 7.16. The number of halogens is 1. The maximum atomic E-state index is 13.2. The topological polar surface area (TPSA) is 63.3 Å². The van der Waals surface area contributed by atoms with Crippen molar-refractivity contribution in [1.29, 1.82) is 0 Å². The van der Waals surface area contributed by atoms with Gasteiger partial charge in [0.2, 0.25) is 5.91 Å². The lowest BCUT2D eigenvalue weighted by molar-refractivity contribution is -0.128. The highest BCUT2D eigenvalue weighted by Crippen LogP contribution is 2.30. The molecular formula is C27H36FN3O4. The molecule has 0 saturated carbocycles. The van der Waals surface area contributed by atoms with Gasteiger partial charge in [0.1, 0.15) is 5.82 Å². The van der Waals surface area contributed by atoms with Gasteiger partial charge >= 0.3 is 0 Å². The van der Waals surface area contributed by atoms with Crippen molar-refractivity contribution >= 4 is 5.91 Å². The molecule has 2 aromatic rings. The monoisotopic (exact) mass is 485 g/mol. The van der Waals surface area contributed by atoms with Gasteiger partial charge in [0, 0.05) is 45.8 Å². The van der Waals surface area contributed by atoms with Gasteiger partial charge in [0.25, 0.3) is 0 Å². The average Bonchev–Trinajstić information content (AvgIpc) is 2.88. The molecule has 2 aliphatic rings. The van der Waals surface area contributed by atoms with E-state index in [0.717, 1.165) is 63.5 Å². The smallest absolute Gasteiger partial charge is 0.224 e. The lowest BCUT2D eigenvalue weighted by atomic mass is 9.87. The molecule has 2 aliphatic heterocycles. The molecule has 7 nitrogen and oxygen atoms in total. The zero-order chi connectivity index (χ0) is 24.6. The van der Waals surface area contributed by atoms with Crippen LogP contribution in [0.15, 0.2) is 42.5 Å². The molecular weight excluding hydrogens is 449 g/mol. The van der Waals surface area contributed by atoms with Gasteiger partial charge < -0.3 is 19.5 Å². The Hall–Kier alpha value is -2.68. The van der Waals surface area contributed by atoms with Crippen LogP contribution in [0.4, 0.5) is 4.39 Å². The van der Waals surface area contributed by atoms with Gasteiger partial charge in [-0.25, -0.2) is 4.39 Å². The minimum Gasteiger partial charge on any atom is -0.493 e. The summed E-state index contributed by atoms with van der Waals surface area (Å²) in [5, 5.41) is 3.07. The molecule has 2 saturated heterocycles. The minimum atomic E-state index is -0.274. The van der Waals surface area contributed by atoms with E-state index >= 15 is 0 Å². The summed E-state index contributed by atoms with van der Waals surface area (Å²) in [4.78, 5) is 18.0. The highest BCUT2D eigenvalue weighted by Gasteiger charge is 2.33. The summed E-state index contributed by atoms with van der Waals surface area (Å²) in [7, 11) is 3.27. The number of carbonyl (C=O) groups is 1. The molecule has 0 radical (unpaired) electrons. The van der Waals surface area contributed by atoms with Crippen molar-refractivity contribution in [1.82, 2.24) is 15.1 Å². The third-order valence-corrected chi connectivity index (χ3v) is 6.84. The van der Waals surface area contributed by atoms with Crippen LogP contribution in [-0.2, 0) is 22.6 Å². The average molecular weight is 486 g/mol. The highest BCUT2D eigenvalue weighted by atomic mass is 19.1. The van der Waals surface area contributed by atoms with Gasteiger partial charge in [-0.2, -0.15) is 0 Å². The molecule has 1 N–H and O–H groups in total. The third-order valence-electron chi connectivity index (χ3n) is 6.84. The standard InChI is InChI=1S/C27H36FN3O4/c1-33-25-8-5-21(14-26(25)34-2)16-31-18-22(17-30-9-11-35-12-10-30)13-23(19-31)27(32)29-15-20-3-6-24(28)7-4-20/h3-8,14,22-23H,9-13,15-19H2,1-2H3,(H,29,32)/t22-,23-/m1/s1. The Labute approximate surface area is 207 Å². The predicted molar refractivity (Wildman–Crippen MR) is 132 cm³/mol. The minimum absolute atomic E-state index is 0.0540. The van der Waals surface area contributed by atoms with Gasteiger partial charge in [0.15, 0.2) is 11.5 Å². The number of hydrogen-bond donors (Lipinski definition) is 1.